The molecule has 1 aliphatic rings. The zero-order valence-corrected chi connectivity index (χ0v) is 19.2. The fourth-order valence-corrected chi connectivity index (χ4v) is 4.12. The largest absolute Gasteiger partial charge is 0.495 e. The number of nitrogens with one attached hydrogen (secondary N) is 2. The van der Waals surface area contributed by atoms with Crippen molar-refractivity contribution in [1.29, 1.82) is 0 Å². The van der Waals surface area contributed by atoms with Crippen LogP contribution >= 0.6 is 0 Å². The van der Waals surface area contributed by atoms with Gasteiger partial charge >= 0.3 is 0 Å². The first kappa shape index (κ1) is 23.4. The van der Waals surface area contributed by atoms with Gasteiger partial charge < -0.3 is 20.3 Å². The number of alkyl halides is 1. The number of hydrogen-bond donors (Lipinski definition) is 2. The molecule has 2 N–H and O–H groups in total. The molecule has 0 aliphatic carbocycles. The smallest absolute Gasteiger partial charge is 0.270 e. The molecule has 1 aromatic heterocycles. The van der Waals surface area contributed by atoms with Crippen molar-refractivity contribution in [2.24, 2.45) is 0 Å². The molecule has 34 heavy (non-hydrogen) atoms. The Morgan fingerprint density at radius 2 is 2.03 bits per heavy atom. The average Bonchev–Trinajstić information content (AvgIpc) is 2.85. The Morgan fingerprint density at radius 1 is 1.24 bits per heavy atom. The molecule has 1 fully saturated rings. The number of ether oxygens (including phenoxy) is 1. The van der Waals surface area contributed by atoms with Gasteiger partial charge in [0.1, 0.15) is 17.6 Å². The number of likely N-dealkylation sites (tertiary alicyclic amines) is 1. The fourth-order valence-electron chi connectivity index (χ4n) is 4.12. The number of amides is 2. The van der Waals surface area contributed by atoms with Crippen LogP contribution in [0.25, 0.3) is 22.0 Å². The van der Waals surface area contributed by atoms with Gasteiger partial charge in [-0.3, -0.25) is 9.59 Å². The van der Waals surface area contributed by atoms with Crippen LogP contribution < -0.4 is 15.4 Å². The van der Waals surface area contributed by atoms with Crippen molar-refractivity contribution in [3.63, 3.8) is 0 Å². The highest BCUT2D eigenvalue weighted by molar-refractivity contribution is 6.08. The zero-order valence-electron chi connectivity index (χ0n) is 19.2. The Morgan fingerprint density at radius 3 is 2.76 bits per heavy atom. The Balaban J connectivity index is 1.65. The summed E-state index contributed by atoms with van der Waals surface area (Å²) in [6, 6.07) is 14.0. The lowest BCUT2D eigenvalue weighted by molar-refractivity contribution is -0.111. The van der Waals surface area contributed by atoms with Crippen molar-refractivity contribution in [1.82, 2.24) is 15.2 Å². The number of anilines is 1. The molecule has 7 nitrogen and oxygen atoms in total. The molecule has 0 bridgehead atoms. The summed E-state index contributed by atoms with van der Waals surface area (Å²) in [4.78, 5) is 31.2. The van der Waals surface area contributed by atoms with Gasteiger partial charge in [0.2, 0.25) is 5.91 Å². The van der Waals surface area contributed by atoms with Gasteiger partial charge in [-0.2, -0.15) is 0 Å². The van der Waals surface area contributed by atoms with E-state index < -0.39 is 18.1 Å². The van der Waals surface area contributed by atoms with E-state index in [2.05, 4.69) is 22.2 Å². The standard InChI is InChI=1S/C26H27FN4O3/c1-4-24(32)30-25-18-14-17(9-8-16(18)10-11-23(25)34-3)20-6-5-7-22(28-20)26(33)29-21-12-13-31(2)15-19(21)27/h4-11,14,19,21H,1,12-13,15H2,2-3H3,(H,29,33)(H,30,32)/t19-,21+/m0/s1. The molecule has 2 aromatic carbocycles. The highest BCUT2D eigenvalue weighted by Crippen LogP contribution is 2.35. The number of rotatable bonds is 6. The summed E-state index contributed by atoms with van der Waals surface area (Å²) >= 11 is 0. The van der Waals surface area contributed by atoms with Crippen molar-refractivity contribution in [2.45, 2.75) is 18.6 Å². The number of nitrogens with zero attached hydrogens (tertiary/aromatic N) is 2. The average molecular weight is 463 g/mol. The van der Waals surface area contributed by atoms with Gasteiger partial charge in [0.15, 0.2) is 0 Å². The van der Waals surface area contributed by atoms with Crippen LogP contribution in [0, 0.1) is 0 Å². The van der Waals surface area contributed by atoms with Crippen LogP contribution in [0.5, 0.6) is 5.75 Å². The molecule has 2 heterocycles. The summed E-state index contributed by atoms with van der Waals surface area (Å²) in [5.41, 5.74) is 2.08. The fraction of sp³-hybridized carbons (Fsp3) is 0.269. The van der Waals surface area contributed by atoms with E-state index in [9.17, 15) is 14.0 Å². The minimum absolute atomic E-state index is 0.217. The molecule has 0 spiro atoms. The van der Waals surface area contributed by atoms with E-state index in [1.807, 2.05) is 36.2 Å². The molecule has 0 saturated carbocycles. The number of aromatic nitrogens is 1. The van der Waals surface area contributed by atoms with Gasteiger partial charge in [-0.25, -0.2) is 9.37 Å². The Hall–Kier alpha value is -3.78. The maximum absolute atomic E-state index is 14.4. The maximum atomic E-state index is 14.4. The Labute approximate surface area is 197 Å². The molecule has 8 heteroatoms. The quantitative estimate of drug-likeness (QED) is 0.545. The predicted octanol–water partition coefficient (Wildman–Crippen LogP) is 3.81. The SMILES string of the molecule is C=CC(=O)Nc1c(OC)ccc2ccc(-c3cccc(C(=O)N[C@@H]4CCN(C)C[C@@H]4F)n3)cc12. The molecule has 1 saturated heterocycles. The van der Waals surface area contributed by atoms with Crippen molar-refractivity contribution < 1.29 is 18.7 Å². The molecular weight excluding hydrogens is 435 g/mol. The molecule has 176 valence electrons. The van der Waals surface area contributed by atoms with Crippen molar-refractivity contribution in [2.75, 3.05) is 32.6 Å². The second kappa shape index (κ2) is 10.0. The predicted molar refractivity (Wildman–Crippen MR) is 131 cm³/mol. The maximum Gasteiger partial charge on any atom is 0.270 e. The molecule has 2 atom stereocenters. The van der Waals surface area contributed by atoms with Crippen molar-refractivity contribution >= 4 is 28.3 Å². The van der Waals surface area contributed by atoms with Crippen LogP contribution in [-0.4, -0.2) is 61.2 Å². The molecule has 0 unspecified atom stereocenters. The number of benzene rings is 2. The van der Waals surface area contributed by atoms with Gasteiger partial charge in [-0.1, -0.05) is 30.8 Å². The van der Waals surface area contributed by atoms with Gasteiger partial charge in [-0.15, -0.1) is 0 Å². The highest BCUT2D eigenvalue weighted by Gasteiger charge is 2.29. The molecule has 3 aromatic rings. The molecule has 2 amide bonds. The van der Waals surface area contributed by atoms with Crippen molar-refractivity contribution in [3.05, 3.63) is 66.9 Å². The Bertz CT molecular complexity index is 1250. The van der Waals surface area contributed by atoms with E-state index in [4.69, 9.17) is 4.74 Å². The zero-order chi connectivity index (χ0) is 24.2. The summed E-state index contributed by atoms with van der Waals surface area (Å²) in [5.74, 6) is -0.242. The van der Waals surface area contributed by atoms with Gasteiger partial charge in [0.25, 0.3) is 5.91 Å². The number of carbonyl (C=O) groups is 2. The summed E-state index contributed by atoms with van der Waals surface area (Å²) in [7, 11) is 3.40. The lowest BCUT2D eigenvalue weighted by atomic mass is 10.0. The van der Waals surface area contributed by atoms with Crippen LogP contribution in [0.3, 0.4) is 0 Å². The minimum atomic E-state index is -1.12. The van der Waals surface area contributed by atoms with Gasteiger partial charge in [-0.05, 0) is 49.2 Å². The summed E-state index contributed by atoms with van der Waals surface area (Å²) in [6.07, 6.45) is 0.623. The number of fused-ring (bicyclic) bond motifs is 1. The number of piperidine rings is 1. The van der Waals surface area contributed by atoms with Crippen LogP contribution in [0.2, 0.25) is 0 Å². The lowest BCUT2D eigenvalue weighted by Crippen LogP contribution is -2.51. The lowest BCUT2D eigenvalue weighted by Gasteiger charge is -2.32. The van der Waals surface area contributed by atoms with E-state index in [-0.39, 0.29) is 11.6 Å². The van der Waals surface area contributed by atoms with E-state index in [1.54, 1.807) is 24.3 Å². The molecular formula is C26H27FN4O3. The van der Waals surface area contributed by atoms with Crippen LogP contribution in [0.1, 0.15) is 16.9 Å². The van der Waals surface area contributed by atoms with E-state index >= 15 is 0 Å². The third kappa shape index (κ3) is 4.92. The van der Waals surface area contributed by atoms with Crippen LogP contribution in [0.15, 0.2) is 61.2 Å². The summed E-state index contributed by atoms with van der Waals surface area (Å²) in [6.45, 7) is 4.53. The van der Waals surface area contributed by atoms with Crippen LogP contribution in [-0.2, 0) is 4.79 Å². The molecule has 1 aliphatic heterocycles. The van der Waals surface area contributed by atoms with E-state index in [1.165, 1.54) is 13.2 Å². The number of methoxy groups -OCH3 is 1. The molecule has 4 rings (SSSR count). The minimum Gasteiger partial charge on any atom is -0.495 e. The second-order valence-electron chi connectivity index (χ2n) is 8.33. The number of halogens is 1. The van der Waals surface area contributed by atoms with E-state index in [0.717, 1.165) is 22.9 Å². The first-order chi connectivity index (χ1) is 16.4. The number of hydrogen-bond acceptors (Lipinski definition) is 5. The van der Waals surface area contributed by atoms with Gasteiger partial charge in [0.05, 0.1) is 24.5 Å². The number of pyridine rings is 1. The first-order valence-electron chi connectivity index (χ1n) is 11.0. The normalized spacial score (nSPS) is 18.3. The topological polar surface area (TPSA) is 83.6 Å². The first-order valence-corrected chi connectivity index (χ1v) is 11.0. The molecule has 0 radical (unpaired) electrons. The summed E-state index contributed by atoms with van der Waals surface area (Å²) < 4.78 is 19.8. The highest BCUT2D eigenvalue weighted by atomic mass is 19.1. The number of carbonyl (C=O) groups excluding carboxylic acids is 2. The van der Waals surface area contributed by atoms with Gasteiger partial charge in [0, 0.05) is 24.0 Å². The Kier molecular flexibility index (Phi) is 6.88. The third-order valence-electron chi connectivity index (χ3n) is 5.98. The third-order valence-corrected chi connectivity index (χ3v) is 5.98. The van der Waals surface area contributed by atoms with Crippen LogP contribution in [0.4, 0.5) is 10.1 Å². The summed E-state index contributed by atoms with van der Waals surface area (Å²) in [5, 5.41) is 7.26. The monoisotopic (exact) mass is 462 g/mol. The van der Waals surface area contributed by atoms with Crippen molar-refractivity contribution in [3.8, 4) is 17.0 Å². The second-order valence-corrected chi connectivity index (χ2v) is 8.33. The van der Waals surface area contributed by atoms with E-state index in [0.29, 0.717) is 30.1 Å².